The first kappa shape index (κ1) is 20.4. The Balaban J connectivity index is 1.75. The Labute approximate surface area is 159 Å². The van der Waals surface area contributed by atoms with E-state index in [-0.39, 0.29) is 32.5 Å². The van der Waals surface area contributed by atoms with Crippen molar-refractivity contribution in [1.82, 2.24) is 0 Å². The van der Waals surface area contributed by atoms with Crippen LogP contribution in [0, 0.1) is 0 Å². The molecule has 0 N–H and O–H groups in total. The fourth-order valence-electron chi connectivity index (χ4n) is 2.33. The summed E-state index contributed by atoms with van der Waals surface area (Å²) >= 11 is 0. The molecule has 0 unspecified atom stereocenters. The number of hydrogen-bond acceptors (Lipinski definition) is 6. The third-order valence-corrected chi connectivity index (χ3v) is 3.61. The number of carbonyl (C=O) groups is 2. The lowest BCUT2D eigenvalue weighted by Gasteiger charge is -2.09. The van der Waals surface area contributed by atoms with Gasteiger partial charge < -0.3 is 18.8 Å². The van der Waals surface area contributed by atoms with Gasteiger partial charge in [-0.3, -0.25) is 9.59 Å². The van der Waals surface area contributed by atoms with Crippen LogP contribution in [0.1, 0.15) is 25.0 Å². The number of esters is 2. The third-order valence-electron chi connectivity index (χ3n) is 3.61. The van der Waals surface area contributed by atoms with Gasteiger partial charge in [-0.2, -0.15) is 0 Å². The van der Waals surface area contributed by atoms with E-state index in [4.69, 9.17) is 18.8 Å². The number of carbonyl (C=O) groups excluding carboxylic acids is 2. The zero-order valence-corrected chi connectivity index (χ0v) is 15.6. The van der Waals surface area contributed by atoms with Crippen LogP contribution in [0.4, 0.5) is 0 Å². The number of benzene rings is 2. The molecular weight excluding hydrogens is 347 g/mol. The van der Waals surface area contributed by atoms with Crippen molar-refractivity contribution < 1.29 is 28.4 Å². The molecule has 0 heterocycles. The monoisotopic (exact) mass is 370 g/mol. The highest BCUT2D eigenvalue weighted by Gasteiger charge is 2.06. The summed E-state index contributed by atoms with van der Waals surface area (Å²) in [5.74, 6) is 0.782. The summed E-state index contributed by atoms with van der Waals surface area (Å²) in [4.78, 5) is 22.9. The summed E-state index contributed by atoms with van der Waals surface area (Å²) in [5, 5.41) is 0. The second kappa shape index (κ2) is 10.9. The van der Waals surface area contributed by atoms with E-state index in [1.165, 1.54) is 0 Å². The van der Waals surface area contributed by atoms with Crippen molar-refractivity contribution in [1.29, 1.82) is 0 Å². The lowest BCUT2D eigenvalue weighted by molar-refractivity contribution is -0.143. The van der Waals surface area contributed by atoms with E-state index < -0.39 is 0 Å². The van der Waals surface area contributed by atoms with Crippen LogP contribution in [0.3, 0.4) is 0 Å². The second-order valence-corrected chi connectivity index (χ2v) is 5.66. The maximum absolute atomic E-state index is 11.4. The van der Waals surface area contributed by atoms with Crippen LogP contribution >= 0.6 is 0 Å². The van der Waals surface area contributed by atoms with E-state index >= 15 is 0 Å². The predicted molar refractivity (Wildman–Crippen MR) is 102 cm³/mol. The summed E-state index contributed by atoms with van der Waals surface area (Å²) < 4.78 is 20.9. The average Bonchev–Trinajstić information content (AvgIpc) is 2.65. The maximum Gasteiger partial charge on any atom is 0.576 e. The minimum atomic E-state index is -0.249. The Bertz CT molecular complexity index is 664. The van der Waals surface area contributed by atoms with Gasteiger partial charge in [0.05, 0.1) is 26.1 Å². The zero-order chi connectivity index (χ0) is 19.5. The molecule has 6 nitrogen and oxygen atoms in total. The quantitative estimate of drug-likeness (QED) is 0.473. The molecule has 0 amide bonds. The Hall–Kier alpha value is -2.96. The zero-order valence-electron chi connectivity index (χ0n) is 15.6. The Morgan fingerprint density at radius 2 is 1.07 bits per heavy atom. The number of rotatable bonds is 10. The van der Waals surface area contributed by atoms with E-state index in [0.717, 1.165) is 11.1 Å². The molecular formula is C20H23BO6. The first-order chi connectivity index (χ1) is 13.1. The van der Waals surface area contributed by atoms with E-state index in [0.29, 0.717) is 24.7 Å². The van der Waals surface area contributed by atoms with Crippen LogP contribution in [0.5, 0.6) is 11.5 Å². The molecule has 0 bridgehead atoms. The normalized spacial score (nSPS) is 10.0. The van der Waals surface area contributed by atoms with Crippen LogP contribution < -0.4 is 9.31 Å². The van der Waals surface area contributed by atoms with Gasteiger partial charge in [-0.25, -0.2) is 0 Å². The molecule has 0 saturated heterocycles. The SMILES string of the molecule is CCOC(=O)Cc1ccc(OBOc2ccc(CC(=O)OCC)cc2)cc1. The molecule has 27 heavy (non-hydrogen) atoms. The maximum atomic E-state index is 11.4. The van der Waals surface area contributed by atoms with Crippen molar-refractivity contribution in [3.63, 3.8) is 0 Å². The fourth-order valence-corrected chi connectivity index (χ4v) is 2.33. The smallest absolute Gasteiger partial charge is 0.529 e. The minimum Gasteiger partial charge on any atom is -0.529 e. The van der Waals surface area contributed by atoms with Crippen molar-refractivity contribution in [2.45, 2.75) is 26.7 Å². The van der Waals surface area contributed by atoms with Gasteiger partial charge in [0.1, 0.15) is 11.5 Å². The topological polar surface area (TPSA) is 71.1 Å². The van der Waals surface area contributed by atoms with Gasteiger partial charge in [0.25, 0.3) is 0 Å². The Morgan fingerprint density at radius 3 is 1.41 bits per heavy atom. The number of ether oxygens (including phenoxy) is 2. The van der Waals surface area contributed by atoms with Gasteiger partial charge in [0.15, 0.2) is 0 Å². The van der Waals surface area contributed by atoms with Gasteiger partial charge in [0, 0.05) is 0 Å². The van der Waals surface area contributed by atoms with Crippen LogP contribution in [-0.2, 0) is 31.9 Å². The fraction of sp³-hybridized carbons (Fsp3) is 0.300. The first-order valence-corrected chi connectivity index (χ1v) is 8.85. The van der Waals surface area contributed by atoms with Crippen molar-refractivity contribution in [2.75, 3.05) is 13.2 Å². The van der Waals surface area contributed by atoms with E-state index in [2.05, 4.69) is 0 Å². The van der Waals surface area contributed by atoms with Crippen molar-refractivity contribution in [2.24, 2.45) is 0 Å². The Morgan fingerprint density at radius 1 is 0.704 bits per heavy atom. The molecule has 0 aliphatic carbocycles. The molecule has 0 radical (unpaired) electrons. The lowest BCUT2D eigenvalue weighted by atomic mass is 10.1. The lowest BCUT2D eigenvalue weighted by Crippen LogP contribution is -2.11. The molecule has 0 aromatic heterocycles. The summed E-state index contributed by atoms with van der Waals surface area (Å²) in [7, 11) is 0.0500. The van der Waals surface area contributed by atoms with Gasteiger partial charge in [-0.1, -0.05) is 24.3 Å². The van der Waals surface area contributed by atoms with Gasteiger partial charge >= 0.3 is 19.6 Å². The molecule has 0 spiro atoms. The Kier molecular flexibility index (Phi) is 8.22. The molecule has 0 aliphatic heterocycles. The van der Waals surface area contributed by atoms with Crippen molar-refractivity contribution in [3.05, 3.63) is 59.7 Å². The van der Waals surface area contributed by atoms with Crippen LogP contribution in [0.15, 0.2) is 48.5 Å². The second-order valence-electron chi connectivity index (χ2n) is 5.66. The van der Waals surface area contributed by atoms with Crippen molar-refractivity contribution >= 4 is 19.6 Å². The van der Waals surface area contributed by atoms with Crippen LogP contribution in [0.2, 0.25) is 0 Å². The molecule has 0 aliphatic rings. The van der Waals surface area contributed by atoms with E-state index in [9.17, 15) is 9.59 Å². The van der Waals surface area contributed by atoms with Gasteiger partial charge in [-0.05, 0) is 49.2 Å². The van der Waals surface area contributed by atoms with Crippen LogP contribution in [-0.4, -0.2) is 32.8 Å². The highest BCUT2D eigenvalue weighted by molar-refractivity contribution is 6.20. The van der Waals surface area contributed by atoms with Gasteiger partial charge in [0.2, 0.25) is 0 Å². The molecule has 142 valence electrons. The molecule has 2 rings (SSSR count). The highest BCUT2D eigenvalue weighted by Crippen LogP contribution is 2.15. The van der Waals surface area contributed by atoms with E-state index in [1.54, 1.807) is 38.1 Å². The molecule has 7 heteroatoms. The molecule has 0 atom stereocenters. The number of hydrogen-bond donors (Lipinski definition) is 0. The molecule has 0 fully saturated rings. The van der Waals surface area contributed by atoms with Crippen LogP contribution in [0.25, 0.3) is 0 Å². The van der Waals surface area contributed by atoms with Crippen molar-refractivity contribution in [3.8, 4) is 11.5 Å². The first-order valence-electron chi connectivity index (χ1n) is 8.85. The molecule has 0 saturated carbocycles. The third kappa shape index (κ3) is 7.44. The van der Waals surface area contributed by atoms with E-state index in [1.807, 2.05) is 24.3 Å². The largest absolute Gasteiger partial charge is 0.576 e. The molecule has 2 aromatic carbocycles. The van der Waals surface area contributed by atoms with Gasteiger partial charge in [-0.15, -0.1) is 0 Å². The molecule has 2 aromatic rings. The summed E-state index contributed by atoms with van der Waals surface area (Å²) in [6, 6.07) is 14.4. The highest BCUT2D eigenvalue weighted by atomic mass is 16.6. The summed E-state index contributed by atoms with van der Waals surface area (Å²) in [6.07, 6.45) is 0.478. The average molecular weight is 370 g/mol. The minimum absolute atomic E-state index is 0.0500. The summed E-state index contributed by atoms with van der Waals surface area (Å²) in [6.45, 7) is 4.31. The standard InChI is InChI=1S/C20H23BO6/c1-3-24-19(22)13-15-5-9-17(10-6-15)26-21-27-18-11-7-16(8-12-18)14-20(23)25-4-2/h5-12,21H,3-4,13-14H2,1-2H3. The predicted octanol–water partition coefficient (Wildman–Crippen LogP) is 2.62. The summed E-state index contributed by atoms with van der Waals surface area (Å²) in [5.41, 5.74) is 1.72.